The van der Waals surface area contributed by atoms with Crippen LogP contribution in [0.5, 0.6) is 0 Å². The van der Waals surface area contributed by atoms with Crippen molar-refractivity contribution in [2.75, 3.05) is 7.11 Å². The summed E-state index contributed by atoms with van der Waals surface area (Å²) in [6, 6.07) is 9.70. The standard InChI is InChI=1S/C26H32O3S/c1-25-14-13-21-19(20(25)11-12-24(25)27)10-9-17-15-23(22(29-3)16-26(17,21)2)30(28)18-7-5-4-6-8-18/h4-9,15,19-22H,10-14,16H2,1-3H3/t19-,20-,21-,22?,25-,26-,30?/m0/s1. The number of hydrogen-bond acceptors (Lipinski definition) is 3. The molecule has 0 saturated heterocycles. The third-order valence-electron chi connectivity index (χ3n) is 8.91. The van der Waals surface area contributed by atoms with Crippen molar-refractivity contribution in [3.05, 3.63) is 53.0 Å². The van der Waals surface area contributed by atoms with Crippen molar-refractivity contribution in [2.45, 2.75) is 63.4 Å². The number of hydrogen-bond donors (Lipinski definition) is 0. The summed E-state index contributed by atoms with van der Waals surface area (Å²) >= 11 is 0. The van der Waals surface area contributed by atoms with Crippen LogP contribution in [0.2, 0.25) is 0 Å². The van der Waals surface area contributed by atoms with E-state index in [1.54, 1.807) is 7.11 Å². The van der Waals surface area contributed by atoms with E-state index in [9.17, 15) is 9.00 Å². The Morgan fingerprint density at radius 1 is 1.07 bits per heavy atom. The lowest BCUT2D eigenvalue weighted by molar-refractivity contribution is -0.131. The van der Waals surface area contributed by atoms with Gasteiger partial charge in [0.2, 0.25) is 0 Å². The second-order valence-corrected chi connectivity index (χ2v) is 11.6. The molecule has 0 aliphatic heterocycles. The molecule has 4 heteroatoms. The lowest BCUT2D eigenvalue weighted by Crippen LogP contribution is -2.51. The van der Waals surface area contributed by atoms with E-state index in [4.69, 9.17) is 4.74 Å². The second kappa shape index (κ2) is 7.27. The molecule has 0 radical (unpaired) electrons. The van der Waals surface area contributed by atoms with Crippen LogP contribution in [0.1, 0.15) is 52.4 Å². The number of rotatable bonds is 3. The number of carbonyl (C=O) groups excluding carboxylic acids is 1. The minimum absolute atomic E-state index is 0.0287. The third-order valence-corrected chi connectivity index (χ3v) is 10.4. The molecular formula is C26H32O3S. The fraction of sp³-hybridized carbons (Fsp3) is 0.577. The summed E-state index contributed by atoms with van der Waals surface area (Å²) in [4.78, 5) is 14.4. The Labute approximate surface area is 182 Å². The average molecular weight is 425 g/mol. The Kier molecular flexibility index (Phi) is 4.94. The molecule has 3 nitrogen and oxygen atoms in total. The minimum atomic E-state index is -1.21. The molecule has 0 N–H and O–H groups in total. The molecule has 2 unspecified atom stereocenters. The number of ketones is 1. The smallest absolute Gasteiger partial charge is 0.139 e. The predicted octanol–water partition coefficient (Wildman–Crippen LogP) is 5.44. The van der Waals surface area contributed by atoms with E-state index in [2.05, 4.69) is 26.0 Å². The molecule has 4 aliphatic rings. The van der Waals surface area contributed by atoms with E-state index >= 15 is 0 Å². The van der Waals surface area contributed by atoms with E-state index in [-0.39, 0.29) is 16.9 Å². The molecule has 1 aromatic carbocycles. The van der Waals surface area contributed by atoms with Crippen LogP contribution in [-0.2, 0) is 20.3 Å². The number of fused-ring (bicyclic) bond motifs is 5. The van der Waals surface area contributed by atoms with Gasteiger partial charge < -0.3 is 4.74 Å². The van der Waals surface area contributed by atoms with Crippen LogP contribution in [0, 0.1) is 28.6 Å². The second-order valence-electron chi connectivity index (χ2n) is 10.2. The molecule has 0 amide bonds. The van der Waals surface area contributed by atoms with Crippen molar-refractivity contribution in [1.29, 1.82) is 0 Å². The van der Waals surface area contributed by atoms with Gasteiger partial charge in [0, 0.05) is 23.8 Å². The Bertz CT molecular complexity index is 948. The molecule has 30 heavy (non-hydrogen) atoms. The Hall–Kier alpha value is -1.52. The van der Waals surface area contributed by atoms with Crippen molar-refractivity contribution in [1.82, 2.24) is 0 Å². The van der Waals surface area contributed by atoms with Crippen LogP contribution < -0.4 is 0 Å². The zero-order valence-electron chi connectivity index (χ0n) is 18.2. The Balaban J connectivity index is 1.52. The SMILES string of the molecule is COC1C[C@@]2(C)C(=CC[C@@H]3[C@@H]2CC[C@]2(C)C(=O)CC[C@@H]32)C=C1S(=O)c1ccccc1. The van der Waals surface area contributed by atoms with E-state index in [0.717, 1.165) is 48.3 Å². The first-order valence-corrected chi connectivity index (χ1v) is 12.5. The highest BCUT2D eigenvalue weighted by molar-refractivity contribution is 7.89. The molecule has 0 bridgehead atoms. The van der Waals surface area contributed by atoms with Gasteiger partial charge in [0.25, 0.3) is 0 Å². The summed E-state index contributed by atoms with van der Waals surface area (Å²) < 4.78 is 19.3. The first-order valence-electron chi connectivity index (χ1n) is 11.3. The highest BCUT2D eigenvalue weighted by Gasteiger charge is 2.59. The van der Waals surface area contributed by atoms with Crippen molar-refractivity contribution < 1.29 is 13.7 Å². The molecular weight excluding hydrogens is 392 g/mol. The van der Waals surface area contributed by atoms with Gasteiger partial charge in [-0.1, -0.05) is 38.1 Å². The van der Waals surface area contributed by atoms with Crippen molar-refractivity contribution >= 4 is 16.6 Å². The van der Waals surface area contributed by atoms with Gasteiger partial charge >= 0.3 is 0 Å². The summed E-state index contributed by atoms with van der Waals surface area (Å²) in [5.74, 6) is 2.16. The van der Waals surface area contributed by atoms with E-state index < -0.39 is 10.8 Å². The topological polar surface area (TPSA) is 43.4 Å². The summed E-state index contributed by atoms with van der Waals surface area (Å²) in [6.07, 6.45) is 10.3. The van der Waals surface area contributed by atoms with Crippen molar-refractivity contribution in [3.8, 4) is 0 Å². The Morgan fingerprint density at radius 2 is 1.80 bits per heavy atom. The van der Waals surface area contributed by atoms with Gasteiger partial charge in [-0.3, -0.25) is 4.79 Å². The van der Waals surface area contributed by atoms with Gasteiger partial charge in [0.15, 0.2) is 0 Å². The molecule has 0 spiro atoms. The van der Waals surface area contributed by atoms with Gasteiger partial charge in [0.05, 0.1) is 21.8 Å². The van der Waals surface area contributed by atoms with E-state index in [1.165, 1.54) is 5.57 Å². The number of methoxy groups -OCH3 is 1. The molecule has 0 aromatic heterocycles. The first-order chi connectivity index (χ1) is 14.4. The van der Waals surface area contributed by atoms with Gasteiger partial charge in [-0.2, -0.15) is 0 Å². The maximum atomic E-state index is 13.4. The number of Topliss-reactive ketones (excluding diaryl/α,β-unsaturated/α-hetero) is 1. The molecule has 5 rings (SSSR count). The maximum Gasteiger partial charge on any atom is 0.139 e. The van der Waals surface area contributed by atoms with Crippen LogP contribution in [0.25, 0.3) is 0 Å². The monoisotopic (exact) mass is 424 g/mol. The highest BCUT2D eigenvalue weighted by Crippen LogP contribution is 2.63. The quantitative estimate of drug-likeness (QED) is 0.648. The number of allylic oxidation sites excluding steroid dienone is 3. The lowest BCUT2D eigenvalue weighted by Gasteiger charge is -2.56. The van der Waals surface area contributed by atoms with Crippen molar-refractivity contribution in [3.63, 3.8) is 0 Å². The minimum Gasteiger partial charge on any atom is -0.376 e. The molecule has 2 saturated carbocycles. The average Bonchev–Trinajstić information content (AvgIpc) is 3.07. The normalized spacial score (nSPS) is 41.2. The molecule has 2 fully saturated rings. The van der Waals surface area contributed by atoms with Crippen LogP contribution in [0.4, 0.5) is 0 Å². The molecule has 0 heterocycles. The summed E-state index contributed by atoms with van der Waals surface area (Å²) in [7, 11) is 0.535. The van der Waals surface area contributed by atoms with Crippen LogP contribution in [-0.4, -0.2) is 23.2 Å². The van der Waals surface area contributed by atoms with Gasteiger partial charge in [-0.25, -0.2) is 4.21 Å². The zero-order chi connectivity index (χ0) is 21.1. The predicted molar refractivity (Wildman–Crippen MR) is 119 cm³/mol. The number of carbonyl (C=O) groups is 1. The molecule has 4 aliphatic carbocycles. The van der Waals surface area contributed by atoms with E-state index in [0.29, 0.717) is 23.5 Å². The van der Waals surface area contributed by atoms with Gasteiger partial charge in [0.1, 0.15) is 5.78 Å². The van der Waals surface area contributed by atoms with Gasteiger partial charge in [-0.15, -0.1) is 0 Å². The fourth-order valence-electron chi connectivity index (χ4n) is 7.17. The summed E-state index contributed by atoms with van der Waals surface area (Å²) in [6.45, 7) is 4.62. The largest absolute Gasteiger partial charge is 0.376 e. The Morgan fingerprint density at radius 3 is 2.53 bits per heavy atom. The lowest BCUT2D eigenvalue weighted by atomic mass is 9.48. The first kappa shape index (κ1) is 20.4. The number of benzene rings is 1. The van der Waals surface area contributed by atoms with Crippen LogP contribution in [0.3, 0.4) is 0 Å². The zero-order valence-corrected chi connectivity index (χ0v) is 19.0. The van der Waals surface area contributed by atoms with Crippen LogP contribution in [0.15, 0.2) is 57.9 Å². The molecule has 7 atom stereocenters. The highest BCUT2D eigenvalue weighted by atomic mass is 32.2. The van der Waals surface area contributed by atoms with Crippen molar-refractivity contribution in [2.24, 2.45) is 28.6 Å². The summed E-state index contributed by atoms with van der Waals surface area (Å²) in [5, 5.41) is 0. The molecule has 160 valence electrons. The number of ether oxygens (including phenoxy) is 1. The summed E-state index contributed by atoms with van der Waals surface area (Å²) in [5.41, 5.74) is 1.26. The van der Waals surface area contributed by atoms with E-state index in [1.807, 2.05) is 30.3 Å². The molecule has 1 aromatic rings. The third kappa shape index (κ3) is 2.86. The van der Waals surface area contributed by atoms with Crippen LogP contribution >= 0.6 is 0 Å². The maximum absolute atomic E-state index is 13.4. The fourth-order valence-corrected chi connectivity index (χ4v) is 8.49. The van der Waals surface area contributed by atoms with Gasteiger partial charge in [-0.05, 0) is 79.1 Å².